The normalized spacial score (nSPS) is 10.8. The van der Waals surface area contributed by atoms with Gasteiger partial charge in [0.05, 0.1) is 11.6 Å². The van der Waals surface area contributed by atoms with Crippen LogP contribution in [0.25, 0.3) is 22.1 Å². The van der Waals surface area contributed by atoms with Gasteiger partial charge in [-0.1, -0.05) is 35.5 Å². The second-order valence-electron chi connectivity index (χ2n) is 3.56. The van der Waals surface area contributed by atoms with E-state index in [9.17, 15) is 0 Å². The van der Waals surface area contributed by atoms with Crippen LogP contribution in [0.2, 0.25) is 0 Å². The molecule has 0 atom stereocenters. The molecule has 0 fully saturated rings. The van der Waals surface area contributed by atoms with Crippen LogP contribution in [0.5, 0.6) is 0 Å². The van der Waals surface area contributed by atoms with Crippen LogP contribution in [0, 0.1) is 0 Å². The van der Waals surface area contributed by atoms with Gasteiger partial charge in [-0.25, -0.2) is 0 Å². The molecule has 1 aromatic heterocycles. The summed E-state index contributed by atoms with van der Waals surface area (Å²) >= 11 is 3.52. The highest BCUT2D eigenvalue weighted by molar-refractivity contribution is 9.10. The molecular weight excluding hydrogens is 266 g/mol. The van der Waals surface area contributed by atoms with Crippen molar-refractivity contribution in [3.05, 3.63) is 53.1 Å². The summed E-state index contributed by atoms with van der Waals surface area (Å²) < 4.78 is 6.19. The number of hydrogen-bond acceptors (Lipinski definition) is 2. The zero-order valence-electron chi connectivity index (χ0n) is 8.35. The molecule has 3 heteroatoms. The molecule has 0 bridgehead atoms. The molecule has 0 aliphatic rings. The highest BCUT2D eigenvalue weighted by atomic mass is 79.9. The van der Waals surface area contributed by atoms with Crippen molar-refractivity contribution in [2.75, 3.05) is 0 Å². The summed E-state index contributed by atoms with van der Waals surface area (Å²) in [5.41, 5.74) is 3.09. The summed E-state index contributed by atoms with van der Waals surface area (Å²) in [5, 5.41) is 4.79. The predicted molar refractivity (Wildman–Crippen MR) is 67.1 cm³/mol. The van der Waals surface area contributed by atoms with Gasteiger partial charge in [0.25, 0.3) is 0 Å². The summed E-state index contributed by atoms with van der Waals surface area (Å²) in [6.45, 7) is 0. The molecule has 0 unspecified atom stereocenters. The van der Waals surface area contributed by atoms with E-state index in [0.717, 1.165) is 21.0 Å². The lowest BCUT2D eigenvalue weighted by molar-refractivity contribution is 0.456. The van der Waals surface area contributed by atoms with Crippen molar-refractivity contribution >= 4 is 26.9 Å². The molecule has 0 aliphatic heterocycles. The first-order valence-electron chi connectivity index (χ1n) is 4.94. The minimum absolute atomic E-state index is 0.799. The fourth-order valence-corrected chi connectivity index (χ4v) is 2.27. The van der Waals surface area contributed by atoms with Crippen LogP contribution < -0.4 is 0 Å². The smallest absolute Gasteiger partial charge is 0.168 e. The van der Waals surface area contributed by atoms with E-state index in [1.54, 1.807) is 6.20 Å². The van der Waals surface area contributed by atoms with E-state index in [2.05, 4.69) is 39.3 Å². The van der Waals surface area contributed by atoms with Crippen LogP contribution in [-0.2, 0) is 0 Å². The molecule has 0 radical (unpaired) electrons. The number of halogens is 1. The second-order valence-corrected chi connectivity index (χ2v) is 4.42. The van der Waals surface area contributed by atoms with Gasteiger partial charge in [0.2, 0.25) is 0 Å². The van der Waals surface area contributed by atoms with Crippen LogP contribution in [0.3, 0.4) is 0 Å². The summed E-state index contributed by atoms with van der Waals surface area (Å²) in [4.78, 5) is 0. The van der Waals surface area contributed by atoms with Gasteiger partial charge in [0.15, 0.2) is 5.58 Å². The maximum Gasteiger partial charge on any atom is 0.168 e. The quantitative estimate of drug-likeness (QED) is 0.662. The van der Waals surface area contributed by atoms with Crippen molar-refractivity contribution in [2.45, 2.75) is 0 Å². The van der Waals surface area contributed by atoms with Crippen LogP contribution in [0.4, 0.5) is 0 Å². The van der Waals surface area contributed by atoms with Crippen molar-refractivity contribution in [3.63, 3.8) is 0 Å². The van der Waals surface area contributed by atoms with Gasteiger partial charge in [0, 0.05) is 4.47 Å². The van der Waals surface area contributed by atoms with Crippen molar-refractivity contribution in [3.8, 4) is 11.1 Å². The van der Waals surface area contributed by atoms with Crippen molar-refractivity contribution in [1.29, 1.82) is 0 Å². The number of rotatable bonds is 1. The summed E-state index contributed by atoms with van der Waals surface area (Å²) in [6.07, 6.45) is 1.72. The maximum atomic E-state index is 5.18. The molecule has 0 aliphatic carbocycles. The van der Waals surface area contributed by atoms with Gasteiger partial charge in [-0.2, -0.15) is 0 Å². The fourth-order valence-electron chi connectivity index (χ4n) is 1.73. The Hall–Kier alpha value is -1.61. The van der Waals surface area contributed by atoms with E-state index in [4.69, 9.17) is 4.52 Å². The van der Waals surface area contributed by atoms with Crippen molar-refractivity contribution in [1.82, 2.24) is 5.16 Å². The van der Waals surface area contributed by atoms with Gasteiger partial charge in [-0.15, -0.1) is 0 Å². The monoisotopic (exact) mass is 273 g/mol. The number of aromatic nitrogens is 1. The van der Waals surface area contributed by atoms with Gasteiger partial charge < -0.3 is 4.52 Å². The first-order valence-corrected chi connectivity index (χ1v) is 5.73. The summed E-state index contributed by atoms with van der Waals surface area (Å²) in [5.74, 6) is 0. The first kappa shape index (κ1) is 9.60. The molecule has 2 nitrogen and oxygen atoms in total. The van der Waals surface area contributed by atoms with Gasteiger partial charge >= 0.3 is 0 Å². The third-order valence-electron chi connectivity index (χ3n) is 2.53. The molecule has 78 valence electrons. The van der Waals surface area contributed by atoms with Crippen LogP contribution in [0.15, 0.2) is 57.7 Å². The molecule has 3 rings (SSSR count). The molecule has 0 amide bonds. The largest absolute Gasteiger partial charge is 0.356 e. The van der Waals surface area contributed by atoms with E-state index >= 15 is 0 Å². The predicted octanol–water partition coefficient (Wildman–Crippen LogP) is 4.26. The van der Waals surface area contributed by atoms with E-state index < -0.39 is 0 Å². The lowest BCUT2D eigenvalue weighted by Crippen LogP contribution is -1.77. The Bertz CT molecular complexity index is 631. The number of nitrogens with zero attached hydrogens (tertiary/aromatic N) is 1. The molecule has 1 heterocycles. The van der Waals surface area contributed by atoms with E-state index in [1.165, 1.54) is 5.56 Å². The number of benzene rings is 2. The average Bonchev–Trinajstić information content (AvgIpc) is 2.79. The molecule has 0 saturated heterocycles. The molecule has 0 spiro atoms. The lowest BCUT2D eigenvalue weighted by Gasteiger charge is -2.02. The fraction of sp³-hybridized carbons (Fsp3) is 0. The molecule has 0 N–H and O–H groups in total. The Balaban J connectivity index is 2.25. The lowest BCUT2D eigenvalue weighted by atomic mass is 10.1. The van der Waals surface area contributed by atoms with Gasteiger partial charge in [0.1, 0.15) is 0 Å². The number of fused-ring (bicyclic) bond motifs is 1. The van der Waals surface area contributed by atoms with E-state index in [1.807, 2.05) is 24.3 Å². The van der Waals surface area contributed by atoms with Gasteiger partial charge in [-0.05, 0) is 39.2 Å². The van der Waals surface area contributed by atoms with Crippen LogP contribution >= 0.6 is 15.9 Å². The Morgan fingerprint density at radius 2 is 1.81 bits per heavy atom. The molecular formula is C13H8BrNO. The third kappa shape index (κ3) is 1.53. The molecule has 3 aromatic rings. The Labute approximate surface area is 101 Å². The summed E-state index contributed by atoms with van der Waals surface area (Å²) in [7, 11) is 0. The minimum atomic E-state index is 0.799. The highest BCUT2D eigenvalue weighted by Gasteiger charge is 2.06. The van der Waals surface area contributed by atoms with E-state index in [-0.39, 0.29) is 0 Å². The van der Waals surface area contributed by atoms with Gasteiger partial charge in [-0.3, -0.25) is 0 Å². The molecule has 0 saturated carbocycles. The zero-order valence-corrected chi connectivity index (χ0v) is 9.94. The summed E-state index contributed by atoms with van der Waals surface area (Å²) in [6, 6.07) is 14.3. The Kier molecular flexibility index (Phi) is 2.26. The molecule has 16 heavy (non-hydrogen) atoms. The highest BCUT2D eigenvalue weighted by Crippen LogP contribution is 2.30. The number of hydrogen-bond donors (Lipinski definition) is 0. The SMILES string of the molecule is Brc1cc(-c2ccccc2)cc2oncc12. The topological polar surface area (TPSA) is 26.0 Å². The Morgan fingerprint density at radius 1 is 1.00 bits per heavy atom. The Morgan fingerprint density at radius 3 is 2.62 bits per heavy atom. The molecule has 2 aromatic carbocycles. The zero-order chi connectivity index (χ0) is 11.0. The maximum absolute atomic E-state index is 5.18. The van der Waals surface area contributed by atoms with Crippen molar-refractivity contribution < 1.29 is 4.52 Å². The third-order valence-corrected chi connectivity index (χ3v) is 3.19. The standard InChI is InChI=1S/C13H8BrNO/c14-12-6-10(9-4-2-1-3-5-9)7-13-11(12)8-15-16-13/h1-8H. The second kappa shape index (κ2) is 3.76. The average molecular weight is 274 g/mol. The van der Waals surface area contributed by atoms with Crippen molar-refractivity contribution in [2.24, 2.45) is 0 Å². The van der Waals surface area contributed by atoms with E-state index in [0.29, 0.717) is 0 Å². The van der Waals surface area contributed by atoms with Crippen LogP contribution in [0.1, 0.15) is 0 Å². The first-order chi connectivity index (χ1) is 7.84. The minimum Gasteiger partial charge on any atom is -0.356 e. The van der Waals surface area contributed by atoms with Crippen LogP contribution in [-0.4, -0.2) is 5.16 Å².